The summed E-state index contributed by atoms with van der Waals surface area (Å²) in [5, 5.41) is 3.30. The lowest BCUT2D eigenvalue weighted by atomic mass is 10.1. The van der Waals surface area contributed by atoms with Crippen LogP contribution in [0.3, 0.4) is 0 Å². The van der Waals surface area contributed by atoms with E-state index in [4.69, 9.17) is 0 Å². The molecule has 0 radical (unpaired) electrons. The van der Waals surface area contributed by atoms with E-state index in [1.54, 1.807) is 0 Å². The molecule has 1 unspecified atom stereocenters. The third-order valence-corrected chi connectivity index (χ3v) is 4.31. The largest absolute Gasteiger partial charge is 0.313 e. The van der Waals surface area contributed by atoms with Gasteiger partial charge in [0, 0.05) is 11.8 Å². The Balaban J connectivity index is 4.27. The molecule has 0 amide bonds. The van der Waals surface area contributed by atoms with Crippen LogP contribution in [0.5, 0.6) is 0 Å². The fourth-order valence-electron chi connectivity index (χ4n) is 1.48. The first-order valence-corrected chi connectivity index (χ1v) is 7.68. The lowest BCUT2D eigenvalue weighted by Crippen LogP contribution is -2.40. The first-order valence-electron chi connectivity index (χ1n) is 5.86. The fraction of sp³-hybridized carbons (Fsp3) is 1.00. The Morgan fingerprint density at radius 2 is 1.73 bits per heavy atom. The molecule has 3 nitrogen and oxygen atoms in total. The van der Waals surface area contributed by atoms with Crippen molar-refractivity contribution in [1.29, 1.82) is 0 Å². The summed E-state index contributed by atoms with van der Waals surface area (Å²) in [7, 11) is -2.87. The Hall–Kier alpha value is -0.0900. The van der Waals surface area contributed by atoms with Crippen molar-refractivity contribution in [3.8, 4) is 0 Å². The van der Waals surface area contributed by atoms with E-state index in [9.17, 15) is 8.42 Å². The monoisotopic (exact) mass is 235 g/mol. The van der Waals surface area contributed by atoms with Gasteiger partial charge in [0.25, 0.3) is 0 Å². The third-order valence-electron chi connectivity index (χ3n) is 2.41. The van der Waals surface area contributed by atoms with Crippen molar-refractivity contribution in [3.63, 3.8) is 0 Å². The van der Waals surface area contributed by atoms with Crippen molar-refractivity contribution in [3.05, 3.63) is 0 Å². The molecule has 0 aromatic heterocycles. The Morgan fingerprint density at radius 1 is 1.13 bits per heavy atom. The molecule has 0 heterocycles. The van der Waals surface area contributed by atoms with E-state index in [0.717, 1.165) is 13.0 Å². The molecule has 0 aromatic carbocycles. The predicted molar refractivity (Wildman–Crippen MR) is 65.9 cm³/mol. The minimum absolute atomic E-state index is 0.0986. The smallest absolute Gasteiger partial charge is 0.151 e. The van der Waals surface area contributed by atoms with Crippen molar-refractivity contribution in [2.24, 2.45) is 5.92 Å². The van der Waals surface area contributed by atoms with Crippen LogP contribution < -0.4 is 5.32 Å². The molecule has 0 aliphatic carbocycles. The number of sulfone groups is 1. The minimum Gasteiger partial charge on any atom is -0.313 e. The van der Waals surface area contributed by atoms with Gasteiger partial charge >= 0.3 is 0 Å². The first-order chi connectivity index (χ1) is 6.93. The van der Waals surface area contributed by atoms with Crippen molar-refractivity contribution < 1.29 is 8.42 Å². The van der Waals surface area contributed by atoms with Gasteiger partial charge in [-0.15, -0.1) is 0 Å². The van der Waals surface area contributed by atoms with E-state index < -0.39 is 9.84 Å². The molecule has 0 aliphatic rings. The maximum absolute atomic E-state index is 11.7. The number of hydrogen-bond donors (Lipinski definition) is 1. The zero-order chi connectivity index (χ0) is 11.9. The Morgan fingerprint density at radius 3 is 2.13 bits per heavy atom. The number of hydrogen-bond acceptors (Lipinski definition) is 3. The molecular formula is C11H25NO2S. The lowest BCUT2D eigenvalue weighted by Gasteiger charge is -2.22. The molecule has 0 bridgehead atoms. The quantitative estimate of drug-likeness (QED) is 0.698. The maximum Gasteiger partial charge on any atom is 0.151 e. The second-order valence-corrected chi connectivity index (χ2v) is 6.65. The molecular weight excluding hydrogens is 210 g/mol. The molecule has 4 heteroatoms. The highest BCUT2D eigenvalue weighted by molar-refractivity contribution is 7.91. The summed E-state index contributed by atoms with van der Waals surface area (Å²) in [5.41, 5.74) is 0. The van der Waals surface area contributed by atoms with Crippen LogP contribution in [0.1, 0.15) is 40.5 Å². The van der Waals surface area contributed by atoms with Crippen LogP contribution in [0, 0.1) is 5.92 Å². The summed E-state index contributed by atoms with van der Waals surface area (Å²) >= 11 is 0. The van der Waals surface area contributed by atoms with Crippen LogP contribution in [0.25, 0.3) is 0 Å². The van der Waals surface area contributed by atoms with Gasteiger partial charge in [0.05, 0.1) is 5.75 Å². The Kier molecular flexibility index (Phi) is 7.18. The van der Waals surface area contributed by atoms with Crippen LogP contribution in [0.15, 0.2) is 0 Å². The van der Waals surface area contributed by atoms with Gasteiger partial charge in [-0.25, -0.2) is 8.42 Å². The highest BCUT2D eigenvalue weighted by atomic mass is 32.2. The Bertz CT molecular complexity index is 247. The van der Waals surface area contributed by atoms with Gasteiger partial charge in [0.2, 0.25) is 0 Å². The maximum atomic E-state index is 11.7. The van der Waals surface area contributed by atoms with Gasteiger partial charge in [0.15, 0.2) is 9.84 Å². The second kappa shape index (κ2) is 7.23. The van der Waals surface area contributed by atoms with E-state index >= 15 is 0 Å². The van der Waals surface area contributed by atoms with Crippen LogP contribution in [0.2, 0.25) is 0 Å². The lowest BCUT2D eigenvalue weighted by molar-refractivity contribution is 0.426. The highest BCUT2D eigenvalue weighted by Crippen LogP contribution is 2.06. The Labute approximate surface area is 94.6 Å². The minimum atomic E-state index is -2.87. The van der Waals surface area contributed by atoms with Gasteiger partial charge in [-0.2, -0.15) is 0 Å². The highest BCUT2D eigenvalue weighted by Gasteiger charge is 2.20. The second-order valence-electron chi connectivity index (χ2n) is 4.42. The van der Waals surface area contributed by atoms with Crippen LogP contribution in [0.4, 0.5) is 0 Å². The average Bonchev–Trinajstić information content (AvgIpc) is 2.11. The van der Waals surface area contributed by atoms with Gasteiger partial charge < -0.3 is 5.32 Å². The fourth-order valence-corrected chi connectivity index (χ4v) is 3.32. The summed E-state index contributed by atoms with van der Waals surface area (Å²) < 4.78 is 23.3. The molecule has 0 rings (SSSR count). The molecule has 15 heavy (non-hydrogen) atoms. The summed E-state index contributed by atoms with van der Waals surface area (Å²) in [6.45, 7) is 9.01. The third kappa shape index (κ3) is 6.90. The van der Waals surface area contributed by atoms with Gasteiger partial charge in [-0.3, -0.25) is 0 Å². The zero-order valence-electron chi connectivity index (χ0n) is 10.4. The van der Waals surface area contributed by atoms with Gasteiger partial charge in [0.1, 0.15) is 0 Å². The molecule has 0 aromatic rings. The van der Waals surface area contributed by atoms with E-state index in [1.807, 2.05) is 6.92 Å². The summed E-state index contributed by atoms with van der Waals surface area (Å²) in [4.78, 5) is 0. The molecule has 92 valence electrons. The van der Waals surface area contributed by atoms with Crippen molar-refractivity contribution >= 4 is 9.84 Å². The molecule has 0 fully saturated rings. The standard InChI is InChI=1S/C11H25NO2S/c1-5-7-12-11(10(3)4)9-15(13,14)8-6-2/h10-12H,5-9H2,1-4H3. The van der Waals surface area contributed by atoms with Crippen LogP contribution in [-0.2, 0) is 9.84 Å². The van der Waals surface area contributed by atoms with E-state index in [1.165, 1.54) is 0 Å². The zero-order valence-corrected chi connectivity index (χ0v) is 11.2. The van der Waals surface area contributed by atoms with Crippen LogP contribution in [-0.4, -0.2) is 32.5 Å². The average molecular weight is 235 g/mol. The number of nitrogens with one attached hydrogen (secondary N) is 1. The van der Waals surface area contributed by atoms with E-state index in [2.05, 4.69) is 26.1 Å². The van der Waals surface area contributed by atoms with E-state index in [0.29, 0.717) is 18.1 Å². The molecule has 0 spiro atoms. The van der Waals surface area contributed by atoms with Crippen molar-refractivity contribution in [2.75, 3.05) is 18.1 Å². The molecule has 0 saturated heterocycles. The summed E-state index contributed by atoms with van der Waals surface area (Å²) in [6, 6.07) is 0.0986. The SMILES string of the molecule is CCCNC(CS(=O)(=O)CCC)C(C)C. The predicted octanol–water partition coefficient (Wildman–Crippen LogP) is 1.84. The molecule has 1 N–H and O–H groups in total. The van der Waals surface area contributed by atoms with Crippen molar-refractivity contribution in [2.45, 2.75) is 46.6 Å². The molecule has 0 saturated carbocycles. The normalized spacial score (nSPS) is 14.5. The van der Waals surface area contributed by atoms with Crippen LogP contribution >= 0.6 is 0 Å². The molecule has 0 aliphatic heterocycles. The van der Waals surface area contributed by atoms with E-state index in [-0.39, 0.29) is 11.8 Å². The number of rotatable bonds is 8. The topological polar surface area (TPSA) is 46.2 Å². The molecule has 1 atom stereocenters. The summed E-state index contributed by atoms with van der Waals surface area (Å²) in [5.74, 6) is 0.950. The summed E-state index contributed by atoms with van der Waals surface area (Å²) in [6.07, 6.45) is 1.75. The first kappa shape index (κ1) is 14.9. The van der Waals surface area contributed by atoms with Gasteiger partial charge in [-0.1, -0.05) is 27.7 Å². The van der Waals surface area contributed by atoms with Crippen molar-refractivity contribution in [1.82, 2.24) is 5.32 Å². The van der Waals surface area contributed by atoms with Gasteiger partial charge in [-0.05, 0) is 25.3 Å².